The first-order chi connectivity index (χ1) is 15.4. The lowest BCUT2D eigenvalue weighted by atomic mass is 9.76. The van der Waals surface area contributed by atoms with Crippen molar-refractivity contribution in [1.29, 1.82) is 0 Å². The van der Waals surface area contributed by atoms with Gasteiger partial charge < -0.3 is 9.84 Å². The van der Waals surface area contributed by atoms with E-state index in [1.807, 2.05) is 6.07 Å². The van der Waals surface area contributed by atoms with Gasteiger partial charge in [-0.15, -0.1) is 0 Å². The van der Waals surface area contributed by atoms with Crippen molar-refractivity contribution in [3.63, 3.8) is 0 Å². The molecular weight excluding hydrogens is 434 g/mol. The Morgan fingerprint density at radius 1 is 1.09 bits per heavy atom. The van der Waals surface area contributed by atoms with Crippen LogP contribution in [0.1, 0.15) is 36.3 Å². The van der Waals surface area contributed by atoms with Gasteiger partial charge in [-0.2, -0.15) is 0 Å². The summed E-state index contributed by atoms with van der Waals surface area (Å²) in [5.74, 6) is -2.32. The van der Waals surface area contributed by atoms with Crippen LogP contribution in [0.3, 0.4) is 0 Å². The molecule has 4 rings (SSSR count). The van der Waals surface area contributed by atoms with E-state index in [0.717, 1.165) is 12.8 Å². The molecule has 1 fully saturated rings. The number of carbonyl (C=O) groups is 1. The number of carboxylic acid groups (broad SMARTS) is 1. The zero-order valence-electron chi connectivity index (χ0n) is 17.3. The molecule has 0 heterocycles. The summed E-state index contributed by atoms with van der Waals surface area (Å²) < 4.78 is 36.0. The summed E-state index contributed by atoms with van der Waals surface area (Å²) in [6.45, 7) is 0. The van der Waals surface area contributed by atoms with E-state index in [0.29, 0.717) is 21.9 Å². The molecule has 1 N–H and O–H groups in total. The predicted octanol–water partition coefficient (Wildman–Crippen LogP) is 7.19. The molecule has 0 spiro atoms. The Bertz CT molecular complexity index is 1080. The van der Waals surface area contributed by atoms with Crippen molar-refractivity contribution in [2.75, 3.05) is 0 Å². The summed E-state index contributed by atoms with van der Waals surface area (Å²) in [5, 5.41) is 10.4. The van der Waals surface area contributed by atoms with Crippen LogP contribution in [0.2, 0.25) is 5.02 Å². The molecule has 0 unspecified atom stereocenters. The summed E-state index contributed by atoms with van der Waals surface area (Å²) in [4.78, 5) is 12.1. The van der Waals surface area contributed by atoms with E-state index < -0.39 is 23.4 Å². The van der Waals surface area contributed by atoms with Crippen molar-refractivity contribution in [3.05, 3.63) is 94.8 Å². The summed E-state index contributed by atoms with van der Waals surface area (Å²) >= 11 is 5.96. The normalized spacial score (nSPS) is 16.2. The molecule has 3 aromatic rings. The monoisotopic (exact) mass is 456 g/mol. The first-order valence-electron chi connectivity index (χ1n) is 10.6. The number of para-hydroxylation sites is 1. The van der Waals surface area contributed by atoms with Crippen LogP contribution in [0, 0.1) is 11.7 Å². The minimum Gasteiger partial charge on any atom is -0.479 e. The number of rotatable bonds is 9. The molecule has 3 nitrogen and oxygen atoms in total. The summed E-state index contributed by atoms with van der Waals surface area (Å²) in [7, 11) is 0. The zero-order chi connectivity index (χ0) is 22.7. The van der Waals surface area contributed by atoms with Crippen molar-refractivity contribution in [3.8, 4) is 11.5 Å². The Hall–Kier alpha value is -2.92. The van der Waals surface area contributed by atoms with Gasteiger partial charge in [0, 0.05) is 10.9 Å². The maximum absolute atomic E-state index is 16.1. The van der Waals surface area contributed by atoms with Crippen LogP contribution in [0.4, 0.5) is 8.78 Å². The standard InChI is InChI=1S/C26H23ClF2O3/c27-20-11-9-19(10-12-20)24(18-7-8-18)26(29,25(30)31)15-14-17-6-13-22(28)23(16-17)32-21-4-2-1-3-5-21/h1-6,9-13,16,18,24H,7-8,14-15H2,(H,30,31)/t24-,26+/m0/s1. The van der Waals surface area contributed by atoms with Crippen molar-refractivity contribution >= 4 is 17.6 Å². The Balaban J connectivity index is 1.56. The Labute approximate surface area is 190 Å². The maximum Gasteiger partial charge on any atom is 0.342 e. The molecule has 0 saturated heterocycles. The second-order valence-electron chi connectivity index (χ2n) is 8.21. The van der Waals surface area contributed by atoms with Crippen molar-refractivity contribution in [2.45, 2.75) is 37.3 Å². The lowest BCUT2D eigenvalue weighted by Crippen LogP contribution is -2.42. The zero-order valence-corrected chi connectivity index (χ0v) is 18.1. The van der Waals surface area contributed by atoms with Gasteiger partial charge in [0.2, 0.25) is 5.67 Å². The molecule has 1 saturated carbocycles. The molecule has 0 radical (unpaired) electrons. The first kappa shape index (κ1) is 22.3. The first-order valence-corrected chi connectivity index (χ1v) is 10.9. The van der Waals surface area contributed by atoms with E-state index in [-0.39, 0.29) is 24.5 Å². The van der Waals surface area contributed by atoms with Gasteiger partial charge >= 0.3 is 5.97 Å². The average Bonchev–Trinajstić information content (AvgIpc) is 3.61. The molecule has 0 aromatic heterocycles. The van der Waals surface area contributed by atoms with Crippen LogP contribution < -0.4 is 4.74 Å². The number of carboxylic acids is 1. The average molecular weight is 457 g/mol. The smallest absolute Gasteiger partial charge is 0.342 e. The van der Waals surface area contributed by atoms with Crippen molar-refractivity contribution in [2.24, 2.45) is 5.92 Å². The molecule has 0 aliphatic heterocycles. The van der Waals surface area contributed by atoms with Gasteiger partial charge in [-0.25, -0.2) is 13.6 Å². The van der Waals surface area contributed by atoms with Crippen molar-refractivity contribution < 1.29 is 23.4 Å². The van der Waals surface area contributed by atoms with E-state index in [9.17, 15) is 14.3 Å². The van der Waals surface area contributed by atoms with E-state index >= 15 is 4.39 Å². The van der Waals surface area contributed by atoms with Crippen LogP contribution in [0.15, 0.2) is 72.8 Å². The van der Waals surface area contributed by atoms with Gasteiger partial charge in [0.25, 0.3) is 0 Å². The summed E-state index contributed by atoms with van der Waals surface area (Å²) in [5.41, 5.74) is -1.22. The van der Waals surface area contributed by atoms with E-state index in [4.69, 9.17) is 16.3 Å². The fourth-order valence-electron chi connectivity index (χ4n) is 4.13. The van der Waals surface area contributed by atoms with Gasteiger partial charge in [-0.1, -0.05) is 48.0 Å². The SMILES string of the molecule is O=C(O)[C@@](F)(CCc1ccc(F)c(Oc2ccccc2)c1)[C@H](c1ccc(Cl)cc1)C1CC1. The van der Waals surface area contributed by atoms with Gasteiger partial charge in [0.15, 0.2) is 11.6 Å². The third-order valence-corrected chi connectivity index (χ3v) is 6.17. The minimum atomic E-state index is -2.45. The largest absolute Gasteiger partial charge is 0.479 e. The highest BCUT2D eigenvalue weighted by Gasteiger charge is 2.53. The fourth-order valence-corrected chi connectivity index (χ4v) is 4.25. The summed E-state index contributed by atoms with van der Waals surface area (Å²) in [6.07, 6.45) is 1.48. The Morgan fingerprint density at radius 3 is 2.41 bits per heavy atom. The highest BCUT2D eigenvalue weighted by atomic mass is 35.5. The minimum absolute atomic E-state index is 0.0185. The molecule has 3 aromatic carbocycles. The number of aliphatic carboxylic acids is 1. The Morgan fingerprint density at radius 2 is 1.78 bits per heavy atom. The highest BCUT2D eigenvalue weighted by Crippen LogP contribution is 2.51. The molecule has 0 amide bonds. The maximum atomic E-state index is 16.1. The number of halogens is 3. The molecule has 0 bridgehead atoms. The number of hydrogen-bond donors (Lipinski definition) is 1. The molecule has 166 valence electrons. The van der Waals surface area contributed by atoms with Gasteiger partial charge in [-0.3, -0.25) is 0 Å². The molecule has 2 atom stereocenters. The number of hydrogen-bond acceptors (Lipinski definition) is 2. The van der Waals surface area contributed by atoms with E-state index in [1.165, 1.54) is 18.2 Å². The quantitative estimate of drug-likeness (QED) is 0.370. The third kappa shape index (κ3) is 4.94. The van der Waals surface area contributed by atoms with Crippen LogP contribution in [-0.4, -0.2) is 16.7 Å². The van der Waals surface area contributed by atoms with E-state index in [1.54, 1.807) is 48.5 Å². The second kappa shape index (κ2) is 9.29. The molecule has 1 aliphatic rings. The van der Waals surface area contributed by atoms with Gasteiger partial charge in [0.05, 0.1) is 0 Å². The topological polar surface area (TPSA) is 46.5 Å². The summed E-state index contributed by atoms with van der Waals surface area (Å²) in [6, 6.07) is 19.8. The predicted molar refractivity (Wildman–Crippen MR) is 120 cm³/mol. The fraction of sp³-hybridized carbons (Fsp3) is 0.269. The van der Waals surface area contributed by atoms with Crippen LogP contribution in [0.25, 0.3) is 0 Å². The van der Waals surface area contributed by atoms with Crippen molar-refractivity contribution in [1.82, 2.24) is 0 Å². The number of alkyl halides is 1. The molecule has 32 heavy (non-hydrogen) atoms. The molecule has 6 heteroatoms. The third-order valence-electron chi connectivity index (χ3n) is 5.92. The number of aryl methyl sites for hydroxylation is 1. The molecule has 1 aliphatic carbocycles. The second-order valence-corrected chi connectivity index (χ2v) is 8.65. The highest BCUT2D eigenvalue weighted by molar-refractivity contribution is 6.30. The van der Waals surface area contributed by atoms with Crippen LogP contribution in [-0.2, 0) is 11.2 Å². The lowest BCUT2D eigenvalue weighted by molar-refractivity contribution is -0.153. The molecular formula is C26H23ClF2O3. The van der Waals surface area contributed by atoms with Crippen LogP contribution in [0.5, 0.6) is 11.5 Å². The van der Waals surface area contributed by atoms with E-state index in [2.05, 4.69) is 0 Å². The van der Waals surface area contributed by atoms with Gasteiger partial charge in [0.1, 0.15) is 5.75 Å². The lowest BCUT2D eigenvalue weighted by Gasteiger charge is -2.31. The van der Waals surface area contributed by atoms with Crippen LogP contribution >= 0.6 is 11.6 Å². The van der Waals surface area contributed by atoms with Gasteiger partial charge in [-0.05, 0) is 79.1 Å². The Kier molecular flexibility index (Phi) is 6.47. The number of benzene rings is 3. The number of ether oxygens (including phenoxy) is 1.